The number of ether oxygens (including phenoxy) is 2. The van der Waals surface area contributed by atoms with Crippen LogP contribution in [0.3, 0.4) is 0 Å². The average molecular weight is 214 g/mol. The molecule has 4 heteroatoms. The van der Waals surface area contributed by atoms with Crippen molar-refractivity contribution < 1.29 is 19.0 Å². The highest BCUT2D eigenvalue weighted by Crippen LogP contribution is 2.25. The topological polar surface area (TPSA) is 38.7 Å². The molecule has 1 aromatic carbocycles. The van der Waals surface area contributed by atoms with Crippen LogP contribution in [0.5, 0.6) is 5.75 Å². The second-order valence-corrected chi connectivity index (χ2v) is 3.11. The standard InChI is InChI=1S/C11H15FO3/c1-3-14-7-15-11-6-9(12)4-5-10(11)8(2)13/h4-6,8,13H,3,7H2,1-2H3. The maximum Gasteiger partial charge on any atom is 0.189 e. The Morgan fingerprint density at radius 3 is 2.80 bits per heavy atom. The van der Waals surface area contributed by atoms with Gasteiger partial charge < -0.3 is 14.6 Å². The molecule has 1 aromatic rings. The fourth-order valence-corrected chi connectivity index (χ4v) is 1.17. The van der Waals surface area contributed by atoms with Gasteiger partial charge in [0.2, 0.25) is 0 Å². The zero-order chi connectivity index (χ0) is 11.3. The molecule has 0 aliphatic rings. The van der Waals surface area contributed by atoms with Gasteiger partial charge in [0.05, 0.1) is 6.10 Å². The molecule has 0 aliphatic heterocycles. The molecule has 0 radical (unpaired) electrons. The molecule has 0 spiro atoms. The summed E-state index contributed by atoms with van der Waals surface area (Å²) in [4.78, 5) is 0. The van der Waals surface area contributed by atoms with E-state index < -0.39 is 11.9 Å². The van der Waals surface area contributed by atoms with Crippen molar-refractivity contribution in [2.75, 3.05) is 13.4 Å². The van der Waals surface area contributed by atoms with Crippen LogP contribution in [0.1, 0.15) is 25.5 Å². The number of hydrogen-bond acceptors (Lipinski definition) is 3. The Bertz CT molecular complexity index is 313. The van der Waals surface area contributed by atoms with Crippen molar-refractivity contribution in [2.45, 2.75) is 20.0 Å². The summed E-state index contributed by atoms with van der Waals surface area (Å²) in [6.07, 6.45) is -0.692. The zero-order valence-corrected chi connectivity index (χ0v) is 8.87. The minimum Gasteiger partial charge on any atom is -0.467 e. The van der Waals surface area contributed by atoms with Crippen LogP contribution in [0.4, 0.5) is 4.39 Å². The molecule has 0 heterocycles. The van der Waals surface area contributed by atoms with Gasteiger partial charge in [-0.15, -0.1) is 0 Å². The van der Waals surface area contributed by atoms with E-state index in [4.69, 9.17) is 9.47 Å². The minimum absolute atomic E-state index is 0.0552. The molecule has 0 aromatic heterocycles. The lowest BCUT2D eigenvalue weighted by Gasteiger charge is -2.13. The lowest BCUT2D eigenvalue weighted by molar-refractivity contribution is 0.0203. The Morgan fingerprint density at radius 2 is 2.20 bits per heavy atom. The molecule has 1 atom stereocenters. The number of hydrogen-bond donors (Lipinski definition) is 1. The highest BCUT2D eigenvalue weighted by Gasteiger charge is 2.10. The van der Waals surface area contributed by atoms with Crippen molar-refractivity contribution in [3.05, 3.63) is 29.6 Å². The second-order valence-electron chi connectivity index (χ2n) is 3.11. The third kappa shape index (κ3) is 3.49. The molecule has 0 saturated heterocycles. The van der Waals surface area contributed by atoms with Gasteiger partial charge in [-0.25, -0.2) is 4.39 Å². The molecule has 15 heavy (non-hydrogen) atoms. The van der Waals surface area contributed by atoms with Crippen LogP contribution in [0.15, 0.2) is 18.2 Å². The molecule has 0 aliphatic carbocycles. The molecule has 1 rings (SSSR count). The van der Waals surface area contributed by atoms with E-state index in [-0.39, 0.29) is 6.79 Å². The van der Waals surface area contributed by atoms with Gasteiger partial charge in [-0.05, 0) is 26.0 Å². The first kappa shape index (κ1) is 11.9. The normalized spacial score (nSPS) is 12.5. The minimum atomic E-state index is -0.692. The maximum absolute atomic E-state index is 12.9. The summed E-state index contributed by atoms with van der Waals surface area (Å²) in [5.41, 5.74) is 0.552. The number of aliphatic hydroxyl groups is 1. The van der Waals surface area contributed by atoms with E-state index in [9.17, 15) is 9.50 Å². The van der Waals surface area contributed by atoms with Gasteiger partial charge in [0.1, 0.15) is 11.6 Å². The lowest BCUT2D eigenvalue weighted by atomic mass is 10.1. The highest BCUT2D eigenvalue weighted by molar-refractivity contribution is 5.35. The smallest absolute Gasteiger partial charge is 0.189 e. The summed E-state index contributed by atoms with van der Waals surface area (Å²) in [7, 11) is 0. The van der Waals surface area contributed by atoms with Gasteiger partial charge in [0, 0.05) is 18.2 Å². The van der Waals surface area contributed by atoms with E-state index in [0.717, 1.165) is 0 Å². The monoisotopic (exact) mass is 214 g/mol. The van der Waals surface area contributed by atoms with Crippen LogP contribution in [-0.4, -0.2) is 18.5 Å². The second kappa shape index (κ2) is 5.68. The fraction of sp³-hybridized carbons (Fsp3) is 0.455. The predicted octanol–water partition coefficient (Wildman–Crippen LogP) is 2.25. The first-order chi connectivity index (χ1) is 7.15. The molecule has 3 nitrogen and oxygen atoms in total. The van der Waals surface area contributed by atoms with E-state index in [0.29, 0.717) is 17.9 Å². The molecule has 1 unspecified atom stereocenters. The first-order valence-corrected chi connectivity index (χ1v) is 4.83. The van der Waals surface area contributed by atoms with Gasteiger partial charge in [-0.1, -0.05) is 0 Å². The Kier molecular flexibility index (Phi) is 4.52. The molecular formula is C11H15FO3. The predicted molar refractivity (Wildman–Crippen MR) is 54.2 cm³/mol. The molecule has 84 valence electrons. The summed E-state index contributed by atoms with van der Waals surface area (Å²) in [5.74, 6) is -0.0793. The maximum atomic E-state index is 12.9. The third-order valence-electron chi connectivity index (χ3n) is 1.93. The Balaban J connectivity index is 2.77. The van der Waals surface area contributed by atoms with E-state index in [1.165, 1.54) is 18.2 Å². The van der Waals surface area contributed by atoms with Crippen molar-refractivity contribution in [2.24, 2.45) is 0 Å². The largest absolute Gasteiger partial charge is 0.467 e. The average Bonchev–Trinajstić information content (AvgIpc) is 2.18. The number of halogens is 1. The quantitative estimate of drug-likeness (QED) is 0.603. The third-order valence-corrected chi connectivity index (χ3v) is 1.93. The van der Waals surface area contributed by atoms with E-state index in [1.54, 1.807) is 6.92 Å². The number of benzene rings is 1. The number of rotatable bonds is 5. The van der Waals surface area contributed by atoms with Crippen LogP contribution in [0, 0.1) is 5.82 Å². The van der Waals surface area contributed by atoms with Gasteiger partial charge in [-0.2, -0.15) is 0 Å². The van der Waals surface area contributed by atoms with Gasteiger partial charge in [0.15, 0.2) is 6.79 Å². The highest BCUT2D eigenvalue weighted by atomic mass is 19.1. The van der Waals surface area contributed by atoms with Crippen LogP contribution in [-0.2, 0) is 4.74 Å². The van der Waals surface area contributed by atoms with Crippen LogP contribution in [0.2, 0.25) is 0 Å². The number of aliphatic hydroxyl groups excluding tert-OH is 1. The summed E-state index contributed by atoms with van der Waals surface area (Å²) < 4.78 is 23.1. The van der Waals surface area contributed by atoms with Crippen LogP contribution in [0.25, 0.3) is 0 Å². The van der Waals surface area contributed by atoms with Crippen molar-refractivity contribution in [3.8, 4) is 5.75 Å². The van der Waals surface area contributed by atoms with Crippen LogP contribution >= 0.6 is 0 Å². The van der Waals surface area contributed by atoms with Gasteiger partial charge >= 0.3 is 0 Å². The first-order valence-electron chi connectivity index (χ1n) is 4.83. The zero-order valence-electron chi connectivity index (χ0n) is 8.87. The summed E-state index contributed by atoms with van der Waals surface area (Å²) in [5, 5.41) is 9.41. The van der Waals surface area contributed by atoms with E-state index in [1.807, 2.05) is 6.92 Å². The summed E-state index contributed by atoms with van der Waals surface area (Å²) >= 11 is 0. The van der Waals surface area contributed by atoms with E-state index in [2.05, 4.69) is 0 Å². The molecular weight excluding hydrogens is 199 g/mol. The van der Waals surface area contributed by atoms with Gasteiger partial charge in [-0.3, -0.25) is 0 Å². The summed E-state index contributed by atoms with van der Waals surface area (Å²) in [6, 6.07) is 4.03. The molecule has 0 fully saturated rings. The molecule has 0 amide bonds. The summed E-state index contributed by atoms with van der Waals surface area (Å²) in [6.45, 7) is 4.02. The Labute approximate surface area is 88.4 Å². The van der Waals surface area contributed by atoms with Crippen LogP contribution < -0.4 is 4.74 Å². The van der Waals surface area contributed by atoms with E-state index >= 15 is 0 Å². The molecule has 0 bridgehead atoms. The fourth-order valence-electron chi connectivity index (χ4n) is 1.17. The van der Waals surface area contributed by atoms with Gasteiger partial charge in [0.25, 0.3) is 0 Å². The lowest BCUT2D eigenvalue weighted by Crippen LogP contribution is -2.05. The molecule has 0 saturated carbocycles. The van der Waals surface area contributed by atoms with Crippen molar-refractivity contribution in [1.29, 1.82) is 0 Å². The van der Waals surface area contributed by atoms with Crippen molar-refractivity contribution >= 4 is 0 Å². The Morgan fingerprint density at radius 1 is 1.47 bits per heavy atom. The Hall–Kier alpha value is -1.13. The SMILES string of the molecule is CCOCOc1cc(F)ccc1C(C)O. The van der Waals surface area contributed by atoms with Crippen molar-refractivity contribution in [1.82, 2.24) is 0 Å². The van der Waals surface area contributed by atoms with Crippen molar-refractivity contribution in [3.63, 3.8) is 0 Å². The molecule has 1 N–H and O–H groups in total.